The van der Waals surface area contributed by atoms with E-state index < -0.39 is 0 Å². The van der Waals surface area contributed by atoms with Crippen LogP contribution in [0.3, 0.4) is 0 Å². The summed E-state index contributed by atoms with van der Waals surface area (Å²) in [4.78, 5) is 27.4. The molecule has 2 rings (SSSR count). The van der Waals surface area contributed by atoms with Crippen molar-refractivity contribution in [3.05, 3.63) is 35.4 Å². The molecule has 0 N–H and O–H groups in total. The number of carbonyl (C=O) groups is 2. The molecule has 1 heterocycles. The minimum Gasteiger partial charge on any atom is -0.383 e. The van der Waals surface area contributed by atoms with Gasteiger partial charge in [0.05, 0.1) is 6.61 Å². The van der Waals surface area contributed by atoms with Gasteiger partial charge in [-0.2, -0.15) is 0 Å². The van der Waals surface area contributed by atoms with Gasteiger partial charge in [0.25, 0.3) is 5.91 Å². The molecule has 0 aliphatic carbocycles. The first kappa shape index (κ1) is 16.5. The van der Waals surface area contributed by atoms with Crippen LogP contribution >= 0.6 is 0 Å². The molecule has 0 bridgehead atoms. The lowest BCUT2D eigenvalue weighted by atomic mass is 9.97. The van der Waals surface area contributed by atoms with Gasteiger partial charge < -0.3 is 14.5 Å². The number of ether oxygens (including phenoxy) is 1. The van der Waals surface area contributed by atoms with Crippen molar-refractivity contribution >= 4 is 11.8 Å². The third-order valence-corrected chi connectivity index (χ3v) is 3.96. The molecule has 1 aliphatic heterocycles. The van der Waals surface area contributed by atoms with Crippen LogP contribution in [0.5, 0.6) is 0 Å². The summed E-state index contributed by atoms with van der Waals surface area (Å²) in [7, 11) is 5.14. The van der Waals surface area contributed by atoms with Crippen LogP contribution in [0.25, 0.3) is 0 Å². The van der Waals surface area contributed by atoms with Gasteiger partial charge in [0.15, 0.2) is 0 Å². The van der Waals surface area contributed by atoms with E-state index in [1.54, 1.807) is 26.1 Å². The van der Waals surface area contributed by atoms with Gasteiger partial charge in [-0.1, -0.05) is 12.1 Å². The summed E-state index contributed by atoms with van der Waals surface area (Å²) in [5.41, 5.74) is 1.81. The Balaban J connectivity index is 1.98. The number of carbonyl (C=O) groups excluding carboxylic acids is 2. The van der Waals surface area contributed by atoms with Crippen LogP contribution in [0.15, 0.2) is 24.3 Å². The summed E-state index contributed by atoms with van der Waals surface area (Å²) < 4.78 is 5.03. The third-order valence-electron chi connectivity index (χ3n) is 3.96. The Morgan fingerprint density at radius 2 is 2.18 bits per heavy atom. The number of benzene rings is 1. The van der Waals surface area contributed by atoms with E-state index >= 15 is 0 Å². The number of nitrogens with zero attached hydrogens (tertiary/aromatic N) is 2. The summed E-state index contributed by atoms with van der Waals surface area (Å²) >= 11 is 0. The highest BCUT2D eigenvalue weighted by molar-refractivity contribution is 5.94. The predicted molar refractivity (Wildman–Crippen MR) is 84.7 cm³/mol. The van der Waals surface area contributed by atoms with Gasteiger partial charge in [-0.15, -0.1) is 0 Å². The van der Waals surface area contributed by atoms with Crippen molar-refractivity contribution in [3.8, 4) is 0 Å². The van der Waals surface area contributed by atoms with Crippen LogP contribution in [0.2, 0.25) is 0 Å². The van der Waals surface area contributed by atoms with E-state index in [1.165, 1.54) is 0 Å². The molecule has 1 aromatic rings. The van der Waals surface area contributed by atoms with E-state index in [0.29, 0.717) is 31.1 Å². The van der Waals surface area contributed by atoms with E-state index in [9.17, 15) is 9.59 Å². The summed E-state index contributed by atoms with van der Waals surface area (Å²) in [6.45, 7) is 2.00. The first-order chi connectivity index (χ1) is 10.5. The Kier molecular flexibility index (Phi) is 5.55. The number of methoxy groups -OCH3 is 1. The minimum absolute atomic E-state index is 0.00562. The minimum atomic E-state index is 0.00562. The Bertz CT molecular complexity index is 542. The van der Waals surface area contributed by atoms with Crippen LogP contribution in [0.1, 0.15) is 22.3 Å². The van der Waals surface area contributed by atoms with Gasteiger partial charge >= 0.3 is 0 Å². The fraction of sp³-hybridized carbons (Fsp3) is 0.529. The van der Waals surface area contributed by atoms with Gasteiger partial charge in [0.2, 0.25) is 5.91 Å². The molecule has 5 nitrogen and oxygen atoms in total. The lowest BCUT2D eigenvalue weighted by molar-refractivity contribution is -0.128. The van der Waals surface area contributed by atoms with Gasteiger partial charge in [-0.05, 0) is 30.0 Å². The maximum atomic E-state index is 12.0. The number of likely N-dealkylation sites (tertiary alicyclic amines) is 1. The normalized spacial score (nSPS) is 17.9. The molecule has 0 unspecified atom stereocenters. The molecule has 1 fully saturated rings. The topological polar surface area (TPSA) is 49.9 Å². The quantitative estimate of drug-likeness (QED) is 0.799. The number of rotatable bonds is 6. The van der Waals surface area contributed by atoms with E-state index in [-0.39, 0.29) is 11.8 Å². The number of hydrogen-bond acceptors (Lipinski definition) is 3. The average molecular weight is 304 g/mol. The van der Waals surface area contributed by atoms with Crippen LogP contribution < -0.4 is 0 Å². The summed E-state index contributed by atoms with van der Waals surface area (Å²) in [6, 6.07) is 7.70. The Morgan fingerprint density at radius 3 is 2.86 bits per heavy atom. The molecule has 1 saturated heterocycles. The molecule has 1 atom stereocenters. The molecular weight excluding hydrogens is 280 g/mol. The second-order valence-corrected chi connectivity index (χ2v) is 6.01. The first-order valence-corrected chi connectivity index (χ1v) is 7.58. The van der Waals surface area contributed by atoms with Gasteiger partial charge in [0, 0.05) is 46.3 Å². The van der Waals surface area contributed by atoms with E-state index in [2.05, 4.69) is 0 Å². The third kappa shape index (κ3) is 4.07. The number of amides is 2. The molecule has 0 spiro atoms. The second kappa shape index (κ2) is 7.40. The zero-order chi connectivity index (χ0) is 16.1. The van der Waals surface area contributed by atoms with Gasteiger partial charge in [-0.3, -0.25) is 9.59 Å². The zero-order valence-electron chi connectivity index (χ0n) is 13.5. The highest BCUT2D eigenvalue weighted by Crippen LogP contribution is 2.22. The maximum absolute atomic E-state index is 12.0. The van der Waals surface area contributed by atoms with Crippen LogP contribution in [-0.4, -0.2) is 62.5 Å². The Labute approximate surface area is 131 Å². The highest BCUT2D eigenvalue weighted by atomic mass is 16.5. The molecule has 1 aliphatic rings. The molecule has 22 heavy (non-hydrogen) atoms. The molecule has 5 heteroatoms. The molecular formula is C17H24N2O3. The van der Waals surface area contributed by atoms with E-state index in [4.69, 9.17) is 4.74 Å². The Hall–Kier alpha value is -1.88. The average Bonchev–Trinajstić information content (AvgIpc) is 2.84. The monoisotopic (exact) mass is 304 g/mol. The molecule has 120 valence electrons. The molecule has 0 radical (unpaired) electrons. The fourth-order valence-corrected chi connectivity index (χ4v) is 2.83. The van der Waals surface area contributed by atoms with E-state index in [0.717, 1.165) is 18.5 Å². The molecule has 0 saturated carbocycles. The lowest BCUT2D eigenvalue weighted by Crippen LogP contribution is -2.28. The maximum Gasteiger partial charge on any atom is 0.253 e. The first-order valence-electron chi connectivity index (χ1n) is 7.58. The van der Waals surface area contributed by atoms with Crippen molar-refractivity contribution in [2.75, 3.05) is 40.9 Å². The lowest BCUT2D eigenvalue weighted by Gasteiger charge is -2.16. The van der Waals surface area contributed by atoms with Crippen molar-refractivity contribution in [3.63, 3.8) is 0 Å². The van der Waals surface area contributed by atoms with Crippen LogP contribution in [0.4, 0.5) is 0 Å². The van der Waals surface area contributed by atoms with Crippen molar-refractivity contribution < 1.29 is 14.3 Å². The highest BCUT2D eigenvalue weighted by Gasteiger charge is 2.29. The van der Waals surface area contributed by atoms with Crippen molar-refractivity contribution in [1.82, 2.24) is 9.80 Å². The summed E-state index contributed by atoms with van der Waals surface area (Å²) in [5.74, 6) is 0.516. The van der Waals surface area contributed by atoms with Crippen LogP contribution in [0, 0.1) is 5.92 Å². The molecule has 0 aromatic heterocycles. The zero-order valence-corrected chi connectivity index (χ0v) is 13.5. The standard InChI is InChI=1S/C17H24N2O3/c1-18(2)17(21)15-6-4-5-13(10-15)9-14-11-16(20)19(12-14)7-8-22-3/h4-6,10,14H,7-9,11-12H2,1-3H3/t14-/m1/s1. The summed E-state index contributed by atoms with van der Waals surface area (Å²) in [5, 5.41) is 0. The molecule has 1 aromatic carbocycles. The van der Waals surface area contributed by atoms with Crippen LogP contribution in [-0.2, 0) is 16.0 Å². The second-order valence-electron chi connectivity index (χ2n) is 6.01. The SMILES string of the molecule is COCCN1C[C@H](Cc2cccc(C(=O)N(C)C)c2)CC1=O. The smallest absolute Gasteiger partial charge is 0.253 e. The largest absolute Gasteiger partial charge is 0.383 e. The Morgan fingerprint density at radius 1 is 1.41 bits per heavy atom. The number of hydrogen-bond donors (Lipinski definition) is 0. The van der Waals surface area contributed by atoms with Gasteiger partial charge in [0.1, 0.15) is 0 Å². The predicted octanol–water partition coefficient (Wildman–Crippen LogP) is 1.43. The fourth-order valence-electron chi connectivity index (χ4n) is 2.83. The van der Waals surface area contributed by atoms with Crippen molar-refractivity contribution in [2.45, 2.75) is 12.8 Å². The van der Waals surface area contributed by atoms with Gasteiger partial charge in [-0.25, -0.2) is 0 Å². The van der Waals surface area contributed by atoms with E-state index in [1.807, 2.05) is 29.2 Å². The summed E-state index contributed by atoms with van der Waals surface area (Å²) in [6.07, 6.45) is 1.40. The van der Waals surface area contributed by atoms with Crippen molar-refractivity contribution in [2.24, 2.45) is 5.92 Å². The molecule has 2 amide bonds. The van der Waals surface area contributed by atoms with Crippen molar-refractivity contribution in [1.29, 1.82) is 0 Å².